The molecule has 3 rings (SSSR count). The fraction of sp³-hybridized carbons (Fsp3) is 0.133. The number of aromatic nitrogens is 1. The second kappa shape index (κ2) is 6.27. The second-order valence-corrected chi connectivity index (χ2v) is 8.19. The van der Waals surface area contributed by atoms with E-state index in [0.717, 1.165) is 14.5 Å². The average molecular weight is 363 g/mol. The summed E-state index contributed by atoms with van der Waals surface area (Å²) in [5, 5.41) is 11.7. The molecule has 0 saturated heterocycles. The van der Waals surface area contributed by atoms with E-state index in [-0.39, 0.29) is 11.4 Å². The molecule has 0 unspecified atom stereocenters. The molecule has 0 spiro atoms. The number of hydrogen-bond donors (Lipinski definition) is 0. The number of rotatable bonds is 5. The molecule has 0 aliphatic rings. The number of thiazole rings is 1. The van der Waals surface area contributed by atoms with Crippen molar-refractivity contribution in [1.82, 2.24) is 9.29 Å². The third-order valence-electron chi connectivity index (χ3n) is 3.45. The van der Waals surface area contributed by atoms with Crippen molar-refractivity contribution >= 4 is 37.3 Å². The minimum Gasteiger partial charge on any atom is -0.258 e. The summed E-state index contributed by atoms with van der Waals surface area (Å²) in [5.41, 5.74) is 0.364. The van der Waals surface area contributed by atoms with Gasteiger partial charge in [0.25, 0.3) is 5.69 Å². The van der Waals surface area contributed by atoms with Gasteiger partial charge < -0.3 is 0 Å². The van der Waals surface area contributed by atoms with Gasteiger partial charge in [-0.25, -0.2) is 13.4 Å². The van der Waals surface area contributed by atoms with Crippen LogP contribution in [0.1, 0.15) is 5.01 Å². The van der Waals surface area contributed by atoms with Crippen molar-refractivity contribution in [3.8, 4) is 0 Å². The number of sulfonamides is 1. The Balaban J connectivity index is 1.93. The van der Waals surface area contributed by atoms with Gasteiger partial charge in [0.05, 0.1) is 21.7 Å². The van der Waals surface area contributed by atoms with E-state index in [1.54, 1.807) is 0 Å². The molecule has 0 aliphatic heterocycles. The lowest BCUT2D eigenvalue weighted by Crippen LogP contribution is -2.27. The molecule has 0 N–H and O–H groups in total. The van der Waals surface area contributed by atoms with Crippen LogP contribution in [0.2, 0.25) is 0 Å². The molecule has 124 valence electrons. The lowest BCUT2D eigenvalue weighted by molar-refractivity contribution is -0.387. The van der Waals surface area contributed by atoms with Crippen LogP contribution in [0.5, 0.6) is 0 Å². The van der Waals surface area contributed by atoms with E-state index in [2.05, 4.69) is 4.98 Å². The maximum Gasteiger partial charge on any atom is 0.289 e. The number of para-hydroxylation sites is 2. The molecule has 0 radical (unpaired) electrons. The molecule has 3 aromatic rings. The zero-order chi connectivity index (χ0) is 17.3. The van der Waals surface area contributed by atoms with Gasteiger partial charge >= 0.3 is 0 Å². The highest BCUT2D eigenvalue weighted by Gasteiger charge is 2.29. The molecule has 0 amide bonds. The molecule has 0 saturated carbocycles. The Hall–Kier alpha value is -2.36. The van der Waals surface area contributed by atoms with Gasteiger partial charge in [0.2, 0.25) is 10.0 Å². The topological polar surface area (TPSA) is 93.4 Å². The van der Waals surface area contributed by atoms with Crippen molar-refractivity contribution in [2.45, 2.75) is 11.4 Å². The molecule has 0 fully saturated rings. The standard InChI is InChI=1S/C15H13N3O4S2/c1-17(10-15-16-11-6-2-4-8-13(11)23-15)24(21,22)14-9-5-3-7-12(14)18(19)20/h2-9H,10H2,1H3. The molecule has 2 aromatic carbocycles. The first-order valence-corrected chi connectivity index (χ1v) is 9.19. The molecular weight excluding hydrogens is 350 g/mol. The predicted octanol–water partition coefficient (Wildman–Crippen LogP) is 3.03. The average Bonchev–Trinajstić information content (AvgIpc) is 2.97. The Morgan fingerprint density at radius 2 is 1.83 bits per heavy atom. The zero-order valence-electron chi connectivity index (χ0n) is 12.6. The van der Waals surface area contributed by atoms with Crippen molar-refractivity contribution in [3.63, 3.8) is 0 Å². The smallest absolute Gasteiger partial charge is 0.258 e. The van der Waals surface area contributed by atoms with Crippen molar-refractivity contribution in [1.29, 1.82) is 0 Å². The highest BCUT2D eigenvalue weighted by molar-refractivity contribution is 7.89. The van der Waals surface area contributed by atoms with E-state index < -0.39 is 20.6 Å². The number of nitro benzene ring substituents is 1. The van der Waals surface area contributed by atoms with Gasteiger partial charge in [-0.3, -0.25) is 10.1 Å². The maximum atomic E-state index is 12.7. The highest BCUT2D eigenvalue weighted by atomic mass is 32.2. The van der Waals surface area contributed by atoms with Gasteiger partial charge in [-0.05, 0) is 18.2 Å². The fourth-order valence-corrected chi connectivity index (χ4v) is 4.65. The summed E-state index contributed by atoms with van der Waals surface area (Å²) in [5.74, 6) is 0. The molecule has 0 bridgehead atoms. The second-order valence-electron chi connectivity index (χ2n) is 5.06. The Morgan fingerprint density at radius 3 is 2.54 bits per heavy atom. The largest absolute Gasteiger partial charge is 0.289 e. The summed E-state index contributed by atoms with van der Waals surface area (Å²) >= 11 is 1.40. The maximum absolute atomic E-state index is 12.7. The minimum absolute atomic E-state index is 0.0493. The van der Waals surface area contributed by atoms with Crippen molar-refractivity contribution in [3.05, 3.63) is 63.7 Å². The molecule has 7 nitrogen and oxygen atoms in total. The first-order chi connectivity index (χ1) is 11.4. The summed E-state index contributed by atoms with van der Waals surface area (Å²) in [6, 6.07) is 12.8. The number of nitrogens with zero attached hydrogens (tertiary/aromatic N) is 3. The lowest BCUT2D eigenvalue weighted by atomic mass is 10.3. The van der Waals surface area contributed by atoms with Crippen molar-refractivity contribution in [2.75, 3.05) is 7.05 Å². The van der Waals surface area contributed by atoms with Crippen molar-refractivity contribution < 1.29 is 13.3 Å². The van der Waals surface area contributed by atoms with Gasteiger partial charge in [0, 0.05) is 13.1 Å². The normalized spacial score (nSPS) is 11.9. The number of fused-ring (bicyclic) bond motifs is 1. The Bertz CT molecular complexity index is 981. The first-order valence-electron chi connectivity index (χ1n) is 6.94. The van der Waals surface area contributed by atoms with Crippen LogP contribution < -0.4 is 0 Å². The van der Waals surface area contributed by atoms with Crippen LogP contribution in [-0.2, 0) is 16.6 Å². The van der Waals surface area contributed by atoms with Gasteiger partial charge in [0.1, 0.15) is 5.01 Å². The summed E-state index contributed by atoms with van der Waals surface area (Å²) < 4.78 is 27.4. The quantitative estimate of drug-likeness (QED) is 0.513. The SMILES string of the molecule is CN(Cc1nc2ccccc2s1)S(=O)(=O)c1ccccc1[N+](=O)[O-]. The van der Waals surface area contributed by atoms with Gasteiger partial charge in [-0.1, -0.05) is 24.3 Å². The Kier molecular flexibility index (Phi) is 4.31. The summed E-state index contributed by atoms with van der Waals surface area (Å²) in [6.45, 7) is 0.0493. The third kappa shape index (κ3) is 3.01. The third-order valence-corrected chi connectivity index (χ3v) is 6.32. The van der Waals surface area contributed by atoms with E-state index in [4.69, 9.17) is 0 Å². The molecular formula is C15H13N3O4S2. The van der Waals surface area contributed by atoms with E-state index in [1.165, 1.54) is 42.6 Å². The predicted molar refractivity (Wildman–Crippen MR) is 91.4 cm³/mol. The molecule has 9 heteroatoms. The van der Waals surface area contributed by atoms with Crippen LogP contribution in [-0.4, -0.2) is 29.7 Å². The van der Waals surface area contributed by atoms with E-state index in [9.17, 15) is 18.5 Å². The highest BCUT2D eigenvalue weighted by Crippen LogP contribution is 2.28. The Morgan fingerprint density at radius 1 is 1.17 bits per heavy atom. The summed E-state index contributed by atoms with van der Waals surface area (Å²) in [4.78, 5) is 14.5. The lowest BCUT2D eigenvalue weighted by Gasteiger charge is -2.15. The van der Waals surface area contributed by atoms with Crippen molar-refractivity contribution in [2.24, 2.45) is 0 Å². The minimum atomic E-state index is -3.99. The molecule has 1 aromatic heterocycles. The fourth-order valence-electron chi connectivity index (χ4n) is 2.26. The number of nitro groups is 1. The van der Waals surface area contributed by atoms with Crippen LogP contribution in [0.25, 0.3) is 10.2 Å². The summed E-state index contributed by atoms with van der Waals surface area (Å²) in [7, 11) is -2.60. The van der Waals surface area contributed by atoms with Crippen LogP contribution in [0.15, 0.2) is 53.4 Å². The number of benzene rings is 2. The molecule has 1 heterocycles. The van der Waals surface area contributed by atoms with E-state index >= 15 is 0 Å². The zero-order valence-corrected chi connectivity index (χ0v) is 14.3. The number of hydrogen-bond acceptors (Lipinski definition) is 6. The Labute approximate surface area is 142 Å². The molecule has 24 heavy (non-hydrogen) atoms. The first kappa shape index (κ1) is 16.5. The van der Waals surface area contributed by atoms with Crippen LogP contribution >= 0.6 is 11.3 Å². The van der Waals surface area contributed by atoms with E-state index in [1.807, 2.05) is 24.3 Å². The van der Waals surface area contributed by atoms with Gasteiger partial charge in [-0.15, -0.1) is 11.3 Å². The summed E-state index contributed by atoms with van der Waals surface area (Å²) in [6.07, 6.45) is 0. The van der Waals surface area contributed by atoms with Gasteiger partial charge in [-0.2, -0.15) is 4.31 Å². The van der Waals surface area contributed by atoms with Crippen LogP contribution in [0.4, 0.5) is 5.69 Å². The van der Waals surface area contributed by atoms with E-state index in [0.29, 0.717) is 5.01 Å². The van der Waals surface area contributed by atoms with Crippen LogP contribution in [0, 0.1) is 10.1 Å². The molecule has 0 atom stereocenters. The monoisotopic (exact) mass is 363 g/mol. The van der Waals surface area contributed by atoms with Crippen LogP contribution in [0.3, 0.4) is 0 Å². The van der Waals surface area contributed by atoms with Gasteiger partial charge in [0.15, 0.2) is 4.90 Å². The molecule has 0 aliphatic carbocycles.